The molecule has 0 amide bonds. The van der Waals surface area contributed by atoms with Crippen molar-refractivity contribution in [1.82, 2.24) is 9.55 Å². The third kappa shape index (κ3) is 3.05. The lowest BCUT2D eigenvalue weighted by molar-refractivity contribution is 0.167. The Hall–Kier alpha value is -1.03. The number of hydrogen-bond acceptors (Lipinski definition) is 2. The lowest BCUT2D eigenvalue weighted by Gasteiger charge is -2.12. The smallest absolute Gasteiger partial charge is 0.108 e. The van der Waals surface area contributed by atoms with Crippen LogP contribution < -0.4 is 0 Å². The Kier molecular flexibility index (Phi) is 4.27. The number of benzene rings is 1. The van der Waals surface area contributed by atoms with Crippen molar-refractivity contribution >= 4 is 23.2 Å². The van der Waals surface area contributed by atoms with Crippen LogP contribution in [0.25, 0.3) is 0 Å². The molecule has 3 nitrogen and oxygen atoms in total. The Labute approximate surface area is 116 Å². The van der Waals surface area contributed by atoms with Crippen molar-refractivity contribution in [2.24, 2.45) is 7.05 Å². The molecule has 0 spiro atoms. The number of rotatable bonds is 4. The predicted molar refractivity (Wildman–Crippen MR) is 73.0 cm³/mol. The maximum absolute atomic E-state index is 10.1. The van der Waals surface area contributed by atoms with Gasteiger partial charge in [0.15, 0.2) is 0 Å². The second-order valence-electron chi connectivity index (χ2n) is 4.17. The van der Waals surface area contributed by atoms with Gasteiger partial charge in [-0.25, -0.2) is 4.98 Å². The molecule has 5 heteroatoms. The molecule has 0 saturated carbocycles. The highest BCUT2D eigenvalue weighted by Crippen LogP contribution is 2.28. The van der Waals surface area contributed by atoms with Crippen LogP contribution in [0.3, 0.4) is 0 Å². The lowest BCUT2D eigenvalue weighted by atomic mass is 10.0. The standard InChI is InChI=1S/C13H14Cl2N2O/c1-17-7-6-16-13(17)5-4-12(18)10-3-2-9(14)8-11(10)15/h2-3,6-8,12,18H,4-5H2,1H3. The highest BCUT2D eigenvalue weighted by molar-refractivity contribution is 6.35. The first-order chi connectivity index (χ1) is 8.58. The van der Waals surface area contributed by atoms with Crippen molar-refractivity contribution in [2.75, 3.05) is 0 Å². The number of aromatic nitrogens is 2. The molecule has 1 aromatic heterocycles. The number of aryl methyl sites for hydroxylation is 2. The molecule has 0 radical (unpaired) electrons. The summed E-state index contributed by atoms with van der Waals surface area (Å²) >= 11 is 11.9. The van der Waals surface area contributed by atoms with Crippen LogP contribution in [0.1, 0.15) is 23.9 Å². The monoisotopic (exact) mass is 284 g/mol. The van der Waals surface area contributed by atoms with Crippen molar-refractivity contribution in [1.29, 1.82) is 0 Å². The number of aliphatic hydroxyl groups excluding tert-OH is 1. The summed E-state index contributed by atoms with van der Waals surface area (Å²) in [7, 11) is 1.93. The van der Waals surface area contributed by atoms with Gasteiger partial charge in [0, 0.05) is 35.9 Å². The molecule has 0 aliphatic rings. The molecule has 0 aliphatic carbocycles. The number of hydrogen-bond donors (Lipinski definition) is 1. The molecule has 1 aromatic carbocycles. The van der Waals surface area contributed by atoms with E-state index < -0.39 is 6.10 Å². The van der Waals surface area contributed by atoms with Crippen LogP contribution in [0.15, 0.2) is 30.6 Å². The van der Waals surface area contributed by atoms with Gasteiger partial charge in [-0.3, -0.25) is 0 Å². The quantitative estimate of drug-likeness (QED) is 0.935. The summed E-state index contributed by atoms with van der Waals surface area (Å²) in [6, 6.07) is 5.13. The Morgan fingerprint density at radius 3 is 2.78 bits per heavy atom. The van der Waals surface area contributed by atoms with E-state index >= 15 is 0 Å². The summed E-state index contributed by atoms with van der Waals surface area (Å²) in [5, 5.41) is 11.2. The number of aliphatic hydroxyl groups is 1. The van der Waals surface area contributed by atoms with E-state index in [1.165, 1.54) is 0 Å². The molecule has 1 N–H and O–H groups in total. The third-order valence-corrected chi connectivity index (χ3v) is 3.45. The van der Waals surface area contributed by atoms with Gasteiger partial charge >= 0.3 is 0 Å². The Bertz CT molecular complexity index is 540. The fourth-order valence-corrected chi connectivity index (χ4v) is 2.36. The summed E-state index contributed by atoms with van der Waals surface area (Å²) < 4.78 is 1.94. The molecule has 1 unspecified atom stereocenters. The van der Waals surface area contributed by atoms with Crippen LogP contribution in [-0.2, 0) is 13.5 Å². The van der Waals surface area contributed by atoms with Gasteiger partial charge < -0.3 is 9.67 Å². The zero-order chi connectivity index (χ0) is 13.1. The average Bonchev–Trinajstić information content (AvgIpc) is 2.72. The first-order valence-corrected chi connectivity index (χ1v) is 6.42. The van der Waals surface area contributed by atoms with E-state index in [0.29, 0.717) is 28.5 Å². The van der Waals surface area contributed by atoms with Gasteiger partial charge in [0.05, 0.1) is 6.10 Å². The van der Waals surface area contributed by atoms with Gasteiger partial charge in [-0.05, 0) is 24.1 Å². The van der Waals surface area contributed by atoms with Crippen LogP contribution in [0.5, 0.6) is 0 Å². The molecule has 1 heterocycles. The SMILES string of the molecule is Cn1ccnc1CCC(O)c1ccc(Cl)cc1Cl. The maximum Gasteiger partial charge on any atom is 0.108 e. The van der Waals surface area contributed by atoms with E-state index in [1.54, 1.807) is 24.4 Å². The molecule has 1 atom stereocenters. The Balaban J connectivity index is 2.03. The van der Waals surface area contributed by atoms with Crippen LogP contribution in [-0.4, -0.2) is 14.7 Å². The molecule has 96 valence electrons. The molecule has 0 aliphatic heterocycles. The second kappa shape index (κ2) is 5.74. The molecule has 2 rings (SSSR count). The minimum absolute atomic E-state index is 0.495. The molecular formula is C13H14Cl2N2O. The minimum Gasteiger partial charge on any atom is -0.388 e. The van der Waals surface area contributed by atoms with E-state index in [-0.39, 0.29) is 0 Å². The van der Waals surface area contributed by atoms with Crippen molar-refractivity contribution in [3.63, 3.8) is 0 Å². The number of imidazole rings is 1. The number of nitrogens with zero attached hydrogens (tertiary/aromatic N) is 2. The van der Waals surface area contributed by atoms with Gasteiger partial charge in [0.2, 0.25) is 0 Å². The molecule has 0 saturated heterocycles. The summed E-state index contributed by atoms with van der Waals surface area (Å²) in [5.74, 6) is 0.944. The van der Waals surface area contributed by atoms with Gasteiger partial charge in [-0.2, -0.15) is 0 Å². The van der Waals surface area contributed by atoms with Gasteiger partial charge in [-0.1, -0.05) is 29.3 Å². The van der Waals surface area contributed by atoms with Crippen LogP contribution in [0, 0.1) is 0 Å². The highest BCUT2D eigenvalue weighted by Gasteiger charge is 2.13. The lowest BCUT2D eigenvalue weighted by Crippen LogP contribution is -2.04. The van der Waals surface area contributed by atoms with Crippen LogP contribution >= 0.6 is 23.2 Å². The largest absolute Gasteiger partial charge is 0.388 e. The van der Waals surface area contributed by atoms with E-state index in [2.05, 4.69) is 4.98 Å². The zero-order valence-corrected chi connectivity index (χ0v) is 11.5. The topological polar surface area (TPSA) is 38.0 Å². The Morgan fingerprint density at radius 1 is 1.39 bits per heavy atom. The normalized spacial score (nSPS) is 12.7. The maximum atomic E-state index is 10.1. The predicted octanol–water partition coefficient (Wildman–Crippen LogP) is 3.39. The fraction of sp³-hybridized carbons (Fsp3) is 0.308. The van der Waals surface area contributed by atoms with Crippen LogP contribution in [0.2, 0.25) is 10.0 Å². The van der Waals surface area contributed by atoms with E-state index in [0.717, 1.165) is 5.82 Å². The van der Waals surface area contributed by atoms with Crippen molar-refractivity contribution in [3.05, 3.63) is 52.0 Å². The molecular weight excluding hydrogens is 271 g/mol. The molecule has 18 heavy (non-hydrogen) atoms. The molecule has 2 aromatic rings. The van der Waals surface area contributed by atoms with E-state index in [9.17, 15) is 5.11 Å². The first-order valence-electron chi connectivity index (χ1n) is 5.67. The molecule has 0 fully saturated rings. The summed E-state index contributed by atoms with van der Waals surface area (Å²) in [6.45, 7) is 0. The average molecular weight is 285 g/mol. The molecule has 0 bridgehead atoms. The van der Waals surface area contributed by atoms with Crippen molar-refractivity contribution in [3.8, 4) is 0 Å². The van der Waals surface area contributed by atoms with E-state index in [1.807, 2.05) is 17.8 Å². The van der Waals surface area contributed by atoms with Gasteiger partial charge in [0.1, 0.15) is 5.82 Å². The Morgan fingerprint density at radius 2 is 2.17 bits per heavy atom. The summed E-state index contributed by atoms with van der Waals surface area (Å²) in [6.07, 6.45) is 4.30. The van der Waals surface area contributed by atoms with E-state index in [4.69, 9.17) is 23.2 Å². The zero-order valence-electron chi connectivity index (χ0n) is 9.98. The second-order valence-corrected chi connectivity index (χ2v) is 5.02. The summed E-state index contributed by atoms with van der Waals surface area (Å²) in [4.78, 5) is 4.22. The van der Waals surface area contributed by atoms with Crippen molar-refractivity contribution in [2.45, 2.75) is 18.9 Å². The van der Waals surface area contributed by atoms with Gasteiger partial charge in [-0.15, -0.1) is 0 Å². The number of halogens is 2. The summed E-state index contributed by atoms with van der Waals surface area (Å²) in [5.41, 5.74) is 0.704. The first kappa shape index (κ1) is 13.4. The van der Waals surface area contributed by atoms with Crippen LogP contribution in [0.4, 0.5) is 0 Å². The highest BCUT2D eigenvalue weighted by atomic mass is 35.5. The fourth-order valence-electron chi connectivity index (χ4n) is 1.83. The minimum atomic E-state index is -0.605. The third-order valence-electron chi connectivity index (χ3n) is 2.88. The van der Waals surface area contributed by atoms with Crippen molar-refractivity contribution < 1.29 is 5.11 Å². The van der Waals surface area contributed by atoms with Gasteiger partial charge in [0.25, 0.3) is 0 Å².